The number of aromatic nitrogens is 2. The second kappa shape index (κ2) is 7.21. The molecule has 0 atom stereocenters. The minimum absolute atomic E-state index is 0.184. The Morgan fingerprint density at radius 3 is 2.44 bits per heavy atom. The first-order valence-corrected chi connectivity index (χ1v) is 8.09. The molecule has 1 aromatic heterocycles. The molecule has 0 saturated heterocycles. The standard InChI is InChI=1S/C20H21N3O2/c1-14-4-6-15(7-5-14)13-21-20(24)18-12-19(23(2)22-18)16-8-10-17(25-3)11-9-16/h4-12H,13H2,1-3H3,(H,21,24). The first kappa shape index (κ1) is 16.8. The Morgan fingerprint density at radius 1 is 1.12 bits per heavy atom. The molecule has 5 nitrogen and oxygen atoms in total. The van der Waals surface area contributed by atoms with Crippen LogP contribution in [0.25, 0.3) is 11.3 Å². The molecule has 3 aromatic rings. The van der Waals surface area contributed by atoms with E-state index in [-0.39, 0.29) is 5.91 Å². The summed E-state index contributed by atoms with van der Waals surface area (Å²) in [4.78, 5) is 12.4. The number of nitrogens with one attached hydrogen (secondary N) is 1. The van der Waals surface area contributed by atoms with Crippen LogP contribution >= 0.6 is 0 Å². The lowest BCUT2D eigenvalue weighted by Gasteiger charge is -2.03. The predicted molar refractivity (Wildman–Crippen MR) is 97.5 cm³/mol. The third kappa shape index (κ3) is 3.88. The quantitative estimate of drug-likeness (QED) is 0.778. The van der Waals surface area contributed by atoms with Gasteiger partial charge in [0, 0.05) is 19.2 Å². The first-order chi connectivity index (χ1) is 12.1. The van der Waals surface area contributed by atoms with Crippen molar-refractivity contribution in [1.82, 2.24) is 15.1 Å². The van der Waals surface area contributed by atoms with Crippen molar-refractivity contribution in [2.24, 2.45) is 7.05 Å². The SMILES string of the molecule is COc1ccc(-c2cc(C(=O)NCc3ccc(C)cc3)nn2C)cc1. The smallest absolute Gasteiger partial charge is 0.272 e. The van der Waals surface area contributed by atoms with Crippen molar-refractivity contribution in [2.75, 3.05) is 7.11 Å². The van der Waals surface area contributed by atoms with Crippen LogP contribution in [0.15, 0.2) is 54.6 Å². The molecule has 5 heteroatoms. The van der Waals surface area contributed by atoms with E-state index in [0.29, 0.717) is 12.2 Å². The second-order valence-electron chi connectivity index (χ2n) is 5.94. The van der Waals surface area contributed by atoms with E-state index in [1.807, 2.05) is 62.5 Å². The van der Waals surface area contributed by atoms with Gasteiger partial charge in [-0.15, -0.1) is 0 Å². The van der Waals surface area contributed by atoms with E-state index < -0.39 is 0 Å². The average molecular weight is 335 g/mol. The summed E-state index contributed by atoms with van der Waals surface area (Å²) >= 11 is 0. The normalized spacial score (nSPS) is 10.5. The summed E-state index contributed by atoms with van der Waals surface area (Å²) < 4.78 is 6.88. The number of nitrogens with zero attached hydrogens (tertiary/aromatic N) is 2. The summed E-state index contributed by atoms with van der Waals surface area (Å²) in [7, 11) is 3.46. The van der Waals surface area contributed by atoms with Gasteiger partial charge >= 0.3 is 0 Å². The molecular weight excluding hydrogens is 314 g/mol. The zero-order valence-electron chi connectivity index (χ0n) is 14.6. The first-order valence-electron chi connectivity index (χ1n) is 8.09. The van der Waals surface area contributed by atoms with Gasteiger partial charge in [-0.2, -0.15) is 5.10 Å². The Hall–Kier alpha value is -3.08. The maximum Gasteiger partial charge on any atom is 0.272 e. The Labute approximate surface area is 147 Å². The Kier molecular flexibility index (Phi) is 4.84. The number of amides is 1. The molecule has 0 saturated carbocycles. The number of carbonyl (C=O) groups is 1. The Balaban J connectivity index is 1.72. The number of ether oxygens (including phenoxy) is 1. The van der Waals surface area contributed by atoms with Crippen LogP contribution < -0.4 is 10.1 Å². The highest BCUT2D eigenvalue weighted by atomic mass is 16.5. The van der Waals surface area contributed by atoms with Gasteiger partial charge in [-0.05, 0) is 42.8 Å². The monoisotopic (exact) mass is 335 g/mol. The van der Waals surface area contributed by atoms with Crippen LogP contribution in [-0.4, -0.2) is 22.8 Å². The molecule has 1 amide bonds. The van der Waals surface area contributed by atoms with Crippen molar-refractivity contribution in [3.8, 4) is 17.0 Å². The van der Waals surface area contributed by atoms with Gasteiger partial charge in [0.25, 0.3) is 5.91 Å². The molecule has 0 aliphatic rings. The molecule has 0 spiro atoms. The number of aryl methyl sites for hydroxylation is 2. The largest absolute Gasteiger partial charge is 0.497 e. The van der Waals surface area contributed by atoms with E-state index in [9.17, 15) is 4.79 Å². The molecule has 25 heavy (non-hydrogen) atoms. The van der Waals surface area contributed by atoms with Gasteiger partial charge in [0.05, 0.1) is 12.8 Å². The van der Waals surface area contributed by atoms with Crippen molar-refractivity contribution in [1.29, 1.82) is 0 Å². The number of benzene rings is 2. The molecular formula is C20H21N3O2. The highest BCUT2D eigenvalue weighted by molar-refractivity contribution is 5.93. The van der Waals surface area contributed by atoms with Crippen LogP contribution in [-0.2, 0) is 13.6 Å². The minimum atomic E-state index is -0.184. The van der Waals surface area contributed by atoms with Gasteiger partial charge in [0.2, 0.25) is 0 Å². The lowest BCUT2D eigenvalue weighted by Crippen LogP contribution is -2.23. The van der Waals surface area contributed by atoms with Crippen LogP contribution in [0.5, 0.6) is 5.75 Å². The minimum Gasteiger partial charge on any atom is -0.497 e. The van der Waals surface area contributed by atoms with Crippen LogP contribution in [0.1, 0.15) is 21.6 Å². The van der Waals surface area contributed by atoms with Gasteiger partial charge in [0.15, 0.2) is 5.69 Å². The highest BCUT2D eigenvalue weighted by Crippen LogP contribution is 2.22. The fourth-order valence-corrected chi connectivity index (χ4v) is 2.59. The molecule has 0 aliphatic heterocycles. The molecule has 2 aromatic carbocycles. The summed E-state index contributed by atoms with van der Waals surface area (Å²) in [6.45, 7) is 2.52. The topological polar surface area (TPSA) is 56.1 Å². The van der Waals surface area contributed by atoms with Crippen LogP contribution in [0.2, 0.25) is 0 Å². The number of hydrogen-bond acceptors (Lipinski definition) is 3. The molecule has 0 aliphatic carbocycles. The molecule has 0 bridgehead atoms. The van der Waals surface area contributed by atoms with E-state index in [1.165, 1.54) is 5.56 Å². The maximum absolute atomic E-state index is 12.4. The van der Waals surface area contributed by atoms with E-state index >= 15 is 0 Å². The Morgan fingerprint density at radius 2 is 1.80 bits per heavy atom. The van der Waals surface area contributed by atoms with E-state index in [2.05, 4.69) is 10.4 Å². The fraction of sp³-hybridized carbons (Fsp3) is 0.200. The third-order valence-corrected chi connectivity index (χ3v) is 4.07. The van der Waals surface area contributed by atoms with Crippen molar-refractivity contribution in [3.05, 3.63) is 71.4 Å². The van der Waals surface area contributed by atoms with Gasteiger partial charge in [-0.25, -0.2) is 0 Å². The van der Waals surface area contributed by atoms with Crippen LogP contribution in [0.4, 0.5) is 0 Å². The second-order valence-corrected chi connectivity index (χ2v) is 5.94. The number of rotatable bonds is 5. The third-order valence-electron chi connectivity index (χ3n) is 4.07. The van der Waals surface area contributed by atoms with Crippen molar-refractivity contribution in [3.63, 3.8) is 0 Å². The lowest BCUT2D eigenvalue weighted by molar-refractivity contribution is 0.0945. The van der Waals surface area contributed by atoms with Gasteiger partial charge in [-0.3, -0.25) is 9.48 Å². The van der Waals surface area contributed by atoms with Gasteiger partial charge in [-0.1, -0.05) is 29.8 Å². The Bertz CT molecular complexity index is 865. The number of carbonyl (C=O) groups excluding carboxylic acids is 1. The lowest BCUT2D eigenvalue weighted by atomic mass is 10.1. The van der Waals surface area contributed by atoms with E-state index in [1.54, 1.807) is 17.9 Å². The molecule has 0 radical (unpaired) electrons. The number of methoxy groups -OCH3 is 1. The summed E-state index contributed by atoms with van der Waals surface area (Å²) in [5.74, 6) is 0.609. The van der Waals surface area contributed by atoms with Gasteiger partial charge < -0.3 is 10.1 Å². The summed E-state index contributed by atoms with van der Waals surface area (Å²) in [6, 6.07) is 17.6. The summed E-state index contributed by atoms with van der Waals surface area (Å²) in [5.41, 5.74) is 4.52. The highest BCUT2D eigenvalue weighted by Gasteiger charge is 2.13. The van der Waals surface area contributed by atoms with Gasteiger partial charge in [0.1, 0.15) is 5.75 Å². The fourth-order valence-electron chi connectivity index (χ4n) is 2.59. The molecule has 128 valence electrons. The number of hydrogen-bond donors (Lipinski definition) is 1. The maximum atomic E-state index is 12.4. The summed E-state index contributed by atoms with van der Waals surface area (Å²) in [5, 5.41) is 7.24. The zero-order valence-corrected chi connectivity index (χ0v) is 14.6. The van der Waals surface area contributed by atoms with Crippen LogP contribution in [0, 0.1) is 6.92 Å². The van der Waals surface area contributed by atoms with E-state index in [0.717, 1.165) is 22.6 Å². The van der Waals surface area contributed by atoms with Crippen molar-refractivity contribution < 1.29 is 9.53 Å². The average Bonchev–Trinajstić information content (AvgIpc) is 3.03. The summed E-state index contributed by atoms with van der Waals surface area (Å²) in [6.07, 6.45) is 0. The molecule has 3 rings (SSSR count). The van der Waals surface area contributed by atoms with Crippen molar-refractivity contribution in [2.45, 2.75) is 13.5 Å². The molecule has 1 heterocycles. The molecule has 1 N–H and O–H groups in total. The van der Waals surface area contributed by atoms with E-state index in [4.69, 9.17) is 4.74 Å². The molecule has 0 fully saturated rings. The van der Waals surface area contributed by atoms with Crippen molar-refractivity contribution >= 4 is 5.91 Å². The van der Waals surface area contributed by atoms with Crippen LogP contribution in [0.3, 0.4) is 0 Å². The molecule has 0 unspecified atom stereocenters. The zero-order chi connectivity index (χ0) is 17.8. The predicted octanol–water partition coefficient (Wildman–Crippen LogP) is 3.33.